The average Bonchev–Trinajstić information content (AvgIpc) is 3.46. The van der Waals surface area contributed by atoms with E-state index in [0.29, 0.717) is 36.6 Å². The molecule has 4 N–H and O–H groups in total. The van der Waals surface area contributed by atoms with Crippen molar-refractivity contribution in [2.24, 2.45) is 7.05 Å². The molecule has 10 nitrogen and oxygen atoms in total. The van der Waals surface area contributed by atoms with E-state index < -0.39 is 12.0 Å². The molecule has 158 valence electrons. The molecule has 5 rings (SSSR count). The Morgan fingerprint density at radius 2 is 2.23 bits per heavy atom. The second kappa shape index (κ2) is 7.40. The van der Waals surface area contributed by atoms with E-state index in [4.69, 9.17) is 10.2 Å². The normalized spacial score (nSPS) is 16.2. The van der Waals surface area contributed by atoms with Gasteiger partial charge in [0.25, 0.3) is 5.91 Å². The van der Waals surface area contributed by atoms with Crippen LogP contribution in [0.1, 0.15) is 16.9 Å². The summed E-state index contributed by atoms with van der Waals surface area (Å²) in [4.78, 5) is 23.2. The lowest BCUT2D eigenvalue weighted by molar-refractivity contribution is 0.102. The second-order valence-electron chi connectivity index (χ2n) is 7.58. The molecule has 1 aromatic carbocycles. The van der Waals surface area contributed by atoms with Gasteiger partial charge in [-0.1, -0.05) is 0 Å². The summed E-state index contributed by atoms with van der Waals surface area (Å²) in [5.41, 5.74) is 8.73. The molecular weight excluding hydrogens is 398 g/mol. The van der Waals surface area contributed by atoms with Gasteiger partial charge in [0.2, 0.25) is 5.89 Å². The number of aliphatic hydroxyl groups is 1. The summed E-state index contributed by atoms with van der Waals surface area (Å²) in [7, 11) is 1.85. The Kier molecular flexibility index (Phi) is 4.55. The highest BCUT2D eigenvalue weighted by Gasteiger charge is 2.25. The number of aryl methyl sites for hydroxylation is 1. The minimum absolute atomic E-state index is 0.143. The van der Waals surface area contributed by atoms with Gasteiger partial charge in [-0.25, -0.2) is 9.97 Å². The Morgan fingerprint density at radius 3 is 3.00 bits per heavy atom. The number of oxazole rings is 1. The van der Waals surface area contributed by atoms with Crippen LogP contribution in [0.2, 0.25) is 0 Å². The molecule has 0 saturated carbocycles. The summed E-state index contributed by atoms with van der Waals surface area (Å²) in [5.74, 6) is 0.218. The zero-order chi connectivity index (χ0) is 21.5. The molecule has 10 heteroatoms. The summed E-state index contributed by atoms with van der Waals surface area (Å²) in [5, 5.41) is 18.3. The number of nitrogens with one attached hydrogen (secondary N) is 1. The molecule has 1 aliphatic rings. The third-order valence-electron chi connectivity index (χ3n) is 5.25. The van der Waals surface area contributed by atoms with Gasteiger partial charge < -0.3 is 25.5 Å². The number of amides is 1. The fourth-order valence-electron chi connectivity index (χ4n) is 3.78. The van der Waals surface area contributed by atoms with Gasteiger partial charge in [-0.2, -0.15) is 5.10 Å². The number of hydrogen-bond acceptors (Lipinski definition) is 8. The number of carbonyl (C=O) groups excluding carboxylic acids is 1. The molecule has 1 aliphatic heterocycles. The average molecular weight is 419 g/mol. The first-order chi connectivity index (χ1) is 15.0. The molecule has 1 unspecified atom stereocenters. The molecule has 0 bridgehead atoms. The Balaban J connectivity index is 1.46. The monoisotopic (exact) mass is 419 g/mol. The summed E-state index contributed by atoms with van der Waals surface area (Å²) in [6, 6.07) is 7.14. The maximum absolute atomic E-state index is 12.9. The van der Waals surface area contributed by atoms with Gasteiger partial charge >= 0.3 is 0 Å². The van der Waals surface area contributed by atoms with E-state index in [9.17, 15) is 9.90 Å². The number of aromatic nitrogens is 4. The first-order valence-corrected chi connectivity index (χ1v) is 9.85. The van der Waals surface area contributed by atoms with Crippen LogP contribution in [0, 0.1) is 0 Å². The number of hydrogen-bond donors (Lipinski definition) is 3. The van der Waals surface area contributed by atoms with E-state index in [1.165, 1.54) is 6.26 Å². The topological polar surface area (TPSA) is 135 Å². The van der Waals surface area contributed by atoms with Crippen LogP contribution >= 0.6 is 0 Å². The van der Waals surface area contributed by atoms with Gasteiger partial charge in [0.15, 0.2) is 5.69 Å². The van der Waals surface area contributed by atoms with Crippen LogP contribution < -0.4 is 16.0 Å². The molecule has 0 spiro atoms. The van der Waals surface area contributed by atoms with Gasteiger partial charge in [0.05, 0.1) is 23.0 Å². The number of benzene rings is 1. The van der Waals surface area contributed by atoms with Crippen molar-refractivity contribution in [2.45, 2.75) is 12.5 Å². The SMILES string of the molecule is Cn1cc2cc(NC(=O)c3coc(-c4ccnc(N)c4)n3)c(N3CCC(O)C3)cc2n1. The number of fused-ring (bicyclic) bond motifs is 1. The number of nitrogens with zero attached hydrogens (tertiary/aromatic N) is 5. The highest BCUT2D eigenvalue weighted by molar-refractivity contribution is 6.06. The number of anilines is 3. The summed E-state index contributed by atoms with van der Waals surface area (Å²) in [6.07, 6.45) is 5.02. The molecule has 1 atom stereocenters. The van der Waals surface area contributed by atoms with Crippen LogP contribution in [-0.4, -0.2) is 50.0 Å². The first kappa shape index (κ1) is 19.1. The molecule has 0 radical (unpaired) electrons. The van der Waals surface area contributed by atoms with Crippen LogP contribution in [0.3, 0.4) is 0 Å². The van der Waals surface area contributed by atoms with E-state index in [-0.39, 0.29) is 11.6 Å². The molecule has 31 heavy (non-hydrogen) atoms. The number of β-amino-alcohol motifs (C(OH)–C–C–N with tert-alkyl or cyclic N) is 1. The van der Waals surface area contributed by atoms with Crippen molar-refractivity contribution in [2.75, 3.05) is 29.0 Å². The van der Waals surface area contributed by atoms with Crippen molar-refractivity contribution < 1.29 is 14.3 Å². The van der Waals surface area contributed by atoms with E-state index >= 15 is 0 Å². The number of aliphatic hydroxyl groups excluding tert-OH is 1. The van der Waals surface area contributed by atoms with Crippen molar-refractivity contribution in [1.82, 2.24) is 19.7 Å². The van der Waals surface area contributed by atoms with Gasteiger partial charge in [0, 0.05) is 43.5 Å². The lowest BCUT2D eigenvalue weighted by Gasteiger charge is -2.21. The smallest absolute Gasteiger partial charge is 0.277 e. The van der Waals surface area contributed by atoms with Crippen molar-refractivity contribution in [3.05, 3.63) is 48.6 Å². The zero-order valence-corrected chi connectivity index (χ0v) is 16.8. The zero-order valence-electron chi connectivity index (χ0n) is 16.8. The van der Waals surface area contributed by atoms with Crippen molar-refractivity contribution in [1.29, 1.82) is 0 Å². The predicted molar refractivity (Wildman–Crippen MR) is 116 cm³/mol. The van der Waals surface area contributed by atoms with E-state index in [2.05, 4.69) is 20.4 Å². The molecule has 0 aliphatic carbocycles. The van der Waals surface area contributed by atoms with Crippen LogP contribution in [0.25, 0.3) is 22.4 Å². The summed E-state index contributed by atoms with van der Waals surface area (Å²) in [6.45, 7) is 1.19. The maximum atomic E-state index is 12.9. The number of rotatable bonds is 4. The number of nitrogen functional groups attached to an aromatic ring is 1. The van der Waals surface area contributed by atoms with E-state index in [1.54, 1.807) is 23.0 Å². The minimum Gasteiger partial charge on any atom is -0.444 e. The Hall–Kier alpha value is -3.92. The highest BCUT2D eigenvalue weighted by Crippen LogP contribution is 2.33. The predicted octanol–water partition coefficient (Wildman–Crippen LogP) is 2.03. The lowest BCUT2D eigenvalue weighted by atomic mass is 10.2. The fraction of sp³-hybridized carbons (Fsp3) is 0.238. The quantitative estimate of drug-likeness (QED) is 0.457. The van der Waals surface area contributed by atoms with Gasteiger partial charge in [-0.15, -0.1) is 0 Å². The van der Waals surface area contributed by atoms with Gasteiger partial charge in [-0.3, -0.25) is 9.48 Å². The van der Waals surface area contributed by atoms with Crippen LogP contribution in [0.15, 0.2) is 47.3 Å². The molecule has 1 amide bonds. The van der Waals surface area contributed by atoms with E-state index in [0.717, 1.165) is 16.6 Å². The second-order valence-corrected chi connectivity index (χ2v) is 7.58. The van der Waals surface area contributed by atoms with E-state index in [1.807, 2.05) is 30.3 Å². The highest BCUT2D eigenvalue weighted by atomic mass is 16.3. The van der Waals surface area contributed by atoms with Crippen LogP contribution in [0.5, 0.6) is 0 Å². The van der Waals surface area contributed by atoms with Crippen LogP contribution in [0.4, 0.5) is 17.2 Å². The Morgan fingerprint density at radius 1 is 1.35 bits per heavy atom. The molecule has 4 aromatic rings. The standard InChI is InChI=1S/C21H21N7O3/c1-27-9-13-6-16(18(8-15(13)26-27)28-5-3-14(29)10-28)24-20(30)17-11-31-21(25-17)12-2-4-23-19(22)7-12/h2,4,6-9,11,14,29H,3,5,10H2,1H3,(H2,22,23)(H,24,30). The van der Waals surface area contributed by atoms with Crippen molar-refractivity contribution in [3.63, 3.8) is 0 Å². The third-order valence-corrected chi connectivity index (χ3v) is 5.25. The van der Waals surface area contributed by atoms with Gasteiger partial charge in [0.1, 0.15) is 12.1 Å². The Bertz CT molecular complexity index is 1280. The molecule has 1 fully saturated rings. The largest absolute Gasteiger partial charge is 0.444 e. The molecule has 4 heterocycles. The fourth-order valence-corrected chi connectivity index (χ4v) is 3.78. The van der Waals surface area contributed by atoms with Crippen molar-refractivity contribution in [3.8, 4) is 11.5 Å². The van der Waals surface area contributed by atoms with Gasteiger partial charge in [-0.05, 0) is 30.7 Å². The number of carbonyl (C=O) groups is 1. The molecular formula is C21H21N7O3. The minimum atomic E-state index is -0.402. The maximum Gasteiger partial charge on any atom is 0.277 e. The van der Waals surface area contributed by atoms with Crippen LogP contribution in [-0.2, 0) is 7.05 Å². The number of nitrogens with two attached hydrogens (primary N) is 1. The summed E-state index contributed by atoms with van der Waals surface area (Å²) < 4.78 is 7.20. The van der Waals surface area contributed by atoms with Crippen molar-refractivity contribution >= 4 is 34.0 Å². The number of pyridine rings is 1. The molecule has 1 saturated heterocycles. The third kappa shape index (κ3) is 3.68. The summed E-state index contributed by atoms with van der Waals surface area (Å²) >= 11 is 0. The lowest BCUT2D eigenvalue weighted by Crippen LogP contribution is -2.23. The molecule has 3 aromatic heterocycles. The first-order valence-electron chi connectivity index (χ1n) is 9.85. The Labute approximate surface area is 177 Å².